The molecule has 4 heterocycles. The van der Waals surface area contributed by atoms with Gasteiger partial charge < -0.3 is 20.1 Å². The Morgan fingerprint density at radius 2 is 2.15 bits per heavy atom. The van der Waals surface area contributed by atoms with Crippen molar-refractivity contribution >= 4 is 34.7 Å². The zero-order chi connectivity index (χ0) is 22.9. The molecule has 0 amide bonds. The Morgan fingerprint density at radius 3 is 2.82 bits per heavy atom. The molecule has 0 radical (unpaired) electrons. The van der Waals surface area contributed by atoms with Gasteiger partial charge in [-0.05, 0) is 12.1 Å². The number of carbonyl (C=O) groups is 1. The Kier molecular flexibility index (Phi) is 6.44. The lowest BCUT2D eigenvalue weighted by molar-refractivity contribution is -0.136. The summed E-state index contributed by atoms with van der Waals surface area (Å²) in [5, 5.41) is 9.52. The SMILES string of the molecule is COC(=O)C1=C(CN2C3CNC[C@@H]2COC3)NC(c2nccs2)=NC1c1ccc(F)cc1Cl. The molecule has 5 rings (SSSR count). The van der Waals surface area contributed by atoms with Gasteiger partial charge in [0.15, 0.2) is 10.8 Å². The molecular weight excluding hydrogens is 469 g/mol. The number of fused-ring (bicyclic) bond motifs is 2. The smallest absolute Gasteiger partial charge is 0.338 e. The summed E-state index contributed by atoms with van der Waals surface area (Å²) in [5.74, 6) is -0.435. The minimum Gasteiger partial charge on any atom is -0.466 e. The van der Waals surface area contributed by atoms with E-state index in [4.69, 9.17) is 26.1 Å². The van der Waals surface area contributed by atoms with Gasteiger partial charge >= 0.3 is 5.97 Å². The second kappa shape index (κ2) is 9.47. The van der Waals surface area contributed by atoms with E-state index in [-0.39, 0.29) is 17.1 Å². The highest BCUT2D eigenvalue weighted by atomic mass is 35.5. The lowest BCUT2D eigenvalue weighted by Crippen LogP contribution is -2.64. The Labute approximate surface area is 199 Å². The molecule has 2 fully saturated rings. The molecule has 2 N–H and O–H groups in total. The van der Waals surface area contributed by atoms with Crippen LogP contribution in [0.3, 0.4) is 0 Å². The van der Waals surface area contributed by atoms with Gasteiger partial charge in [-0.1, -0.05) is 17.7 Å². The van der Waals surface area contributed by atoms with Crippen molar-refractivity contribution in [2.75, 3.05) is 40.0 Å². The molecule has 3 atom stereocenters. The Bertz CT molecular complexity index is 1090. The first-order chi connectivity index (χ1) is 16.0. The molecule has 0 aliphatic carbocycles. The fourth-order valence-corrected chi connectivity index (χ4v) is 5.37. The van der Waals surface area contributed by atoms with Gasteiger partial charge in [-0.25, -0.2) is 14.2 Å². The van der Waals surface area contributed by atoms with E-state index in [1.807, 2.05) is 5.38 Å². The summed E-state index contributed by atoms with van der Waals surface area (Å²) >= 11 is 7.85. The van der Waals surface area contributed by atoms with E-state index in [9.17, 15) is 9.18 Å². The maximum absolute atomic E-state index is 13.8. The third-order valence-electron chi connectivity index (χ3n) is 6.08. The van der Waals surface area contributed by atoms with E-state index < -0.39 is 17.8 Å². The number of thiazole rings is 1. The van der Waals surface area contributed by atoms with Crippen LogP contribution in [0.2, 0.25) is 5.02 Å². The van der Waals surface area contributed by atoms with Gasteiger partial charge in [-0.15, -0.1) is 11.3 Å². The van der Waals surface area contributed by atoms with Crippen LogP contribution in [0.4, 0.5) is 4.39 Å². The van der Waals surface area contributed by atoms with Crippen molar-refractivity contribution < 1.29 is 18.7 Å². The lowest BCUT2D eigenvalue weighted by Gasteiger charge is -2.46. The van der Waals surface area contributed by atoms with E-state index in [1.54, 1.807) is 12.3 Å². The molecule has 2 bridgehead atoms. The van der Waals surface area contributed by atoms with Gasteiger partial charge in [0.1, 0.15) is 11.9 Å². The maximum Gasteiger partial charge on any atom is 0.338 e. The number of nitrogens with one attached hydrogen (secondary N) is 2. The minimum absolute atomic E-state index is 0.181. The second-order valence-corrected chi connectivity index (χ2v) is 9.37. The van der Waals surface area contributed by atoms with E-state index in [2.05, 4.69) is 20.5 Å². The van der Waals surface area contributed by atoms with Crippen molar-refractivity contribution in [2.24, 2.45) is 4.99 Å². The number of benzene rings is 1. The van der Waals surface area contributed by atoms with Gasteiger partial charge in [0.25, 0.3) is 0 Å². The first kappa shape index (κ1) is 22.4. The number of halogens is 2. The normalized spacial score (nSPS) is 25.4. The number of aliphatic imine (C=N–C) groups is 1. The average Bonchev–Trinajstić information content (AvgIpc) is 3.33. The van der Waals surface area contributed by atoms with Crippen molar-refractivity contribution in [2.45, 2.75) is 18.1 Å². The summed E-state index contributed by atoms with van der Waals surface area (Å²) in [7, 11) is 1.34. The summed E-state index contributed by atoms with van der Waals surface area (Å²) in [6.07, 6.45) is 1.70. The van der Waals surface area contributed by atoms with Crippen molar-refractivity contribution in [3.05, 3.63) is 62.5 Å². The van der Waals surface area contributed by atoms with Crippen LogP contribution in [0.25, 0.3) is 0 Å². The fraction of sp³-hybridized carbons (Fsp3) is 0.409. The third-order valence-corrected chi connectivity index (χ3v) is 7.19. The van der Waals surface area contributed by atoms with Gasteiger partial charge in [0.05, 0.1) is 25.9 Å². The largest absolute Gasteiger partial charge is 0.466 e. The van der Waals surface area contributed by atoms with Crippen molar-refractivity contribution in [1.29, 1.82) is 0 Å². The number of rotatable bonds is 5. The van der Waals surface area contributed by atoms with Crippen LogP contribution >= 0.6 is 22.9 Å². The van der Waals surface area contributed by atoms with Crippen LogP contribution in [0.1, 0.15) is 16.6 Å². The van der Waals surface area contributed by atoms with Crippen molar-refractivity contribution in [3.63, 3.8) is 0 Å². The highest BCUT2D eigenvalue weighted by Crippen LogP contribution is 2.37. The summed E-state index contributed by atoms with van der Waals surface area (Å²) in [5.41, 5.74) is 1.55. The van der Waals surface area contributed by atoms with E-state index in [0.717, 1.165) is 13.1 Å². The summed E-state index contributed by atoms with van der Waals surface area (Å²) in [6.45, 7) is 3.32. The molecule has 3 aliphatic rings. The number of carbonyl (C=O) groups excluding carboxylic acids is 1. The van der Waals surface area contributed by atoms with E-state index in [0.29, 0.717) is 47.4 Å². The van der Waals surface area contributed by atoms with Crippen molar-refractivity contribution in [1.82, 2.24) is 20.5 Å². The molecule has 0 saturated carbocycles. The Balaban J connectivity index is 1.61. The van der Waals surface area contributed by atoms with Crippen LogP contribution < -0.4 is 10.6 Å². The van der Waals surface area contributed by atoms with Crippen LogP contribution in [0, 0.1) is 5.82 Å². The summed E-state index contributed by atoms with van der Waals surface area (Å²) < 4.78 is 24.7. The average molecular weight is 492 g/mol. The second-order valence-electron chi connectivity index (χ2n) is 8.07. The number of hydrogen-bond donors (Lipinski definition) is 2. The number of hydrogen-bond acceptors (Lipinski definition) is 9. The Morgan fingerprint density at radius 1 is 1.36 bits per heavy atom. The highest BCUT2D eigenvalue weighted by molar-refractivity contribution is 7.11. The number of esters is 1. The fourth-order valence-electron chi connectivity index (χ4n) is 4.51. The van der Waals surface area contributed by atoms with Gasteiger partial charge in [0.2, 0.25) is 0 Å². The first-order valence-electron chi connectivity index (χ1n) is 10.6. The molecule has 8 nitrogen and oxygen atoms in total. The maximum atomic E-state index is 13.8. The molecule has 1 aromatic carbocycles. The van der Waals surface area contributed by atoms with E-state index >= 15 is 0 Å². The molecule has 2 saturated heterocycles. The van der Waals surface area contributed by atoms with Gasteiger partial charge in [-0.3, -0.25) is 9.89 Å². The standard InChI is InChI=1S/C22H23ClFN5O3S/c1-31-22(30)18-17(9-29-13-7-25-8-14(29)11-32-10-13)27-20(21-26-4-5-33-21)28-19(18)15-3-2-12(24)6-16(15)23/h2-6,13-14,19,25H,7-11H2,1H3,(H,27,28)/t13-,14?,19?/m1/s1. The lowest BCUT2D eigenvalue weighted by atomic mass is 9.94. The molecule has 2 aromatic rings. The summed E-state index contributed by atoms with van der Waals surface area (Å²) in [4.78, 5) is 24.6. The number of morpholine rings is 1. The molecule has 3 aliphatic heterocycles. The Hall–Kier alpha value is -2.37. The number of nitrogens with zero attached hydrogens (tertiary/aromatic N) is 3. The monoisotopic (exact) mass is 491 g/mol. The number of piperazine rings is 1. The van der Waals surface area contributed by atoms with Crippen molar-refractivity contribution in [3.8, 4) is 0 Å². The van der Waals surface area contributed by atoms with Crippen LogP contribution in [-0.4, -0.2) is 73.7 Å². The predicted molar refractivity (Wildman–Crippen MR) is 123 cm³/mol. The number of ether oxygens (including phenoxy) is 2. The van der Waals surface area contributed by atoms with Gasteiger partial charge in [0, 0.05) is 59.6 Å². The van der Waals surface area contributed by atoms with Crippen LogP contribution in [0.5, 0.6) is 0 Å². The van der Waals surface area contributed by atoms with Crippen LogP contribution in [-0.2, 0) is 14.3 Å². The predicted octanol–water partition coefficient (Wildman–Crippen LogP) is 2.13. The molecule has 1 aromatic heterocycles. The molecule has 174 valence electrons. The molecule has 2 unspecified atom stereocenters. The van der Waals surface area contributed by atoms with Crippen LogP contribution in [0.15, 0.2) is 46.0 Å². The topological polar surface area (TPSA) is 88.1 Å². The minimum atomic E-state index is -0.764. The number of amidine groups is 1. The molecule has 11 heteroatoms. The quantitative estimate of drug-likeness (QED) is 0.619. The zero-order valence-corrected chi connectivity index (χ0v) is 19.5. The molecular formula is C22H23ClFN5O3S. The molecule has 0 spiro atoms. The zero-order valence-electron chi connectivity index (χ0n) is 17.9. The first-order valence-corrected chi connectivity index (χ1v) is 11.9. The summed E-state index contributed by atoms with van der Waals surface area (Å²) in [6, 6.07) is 3.70. The molecule has 33 heavy (non-hydrogen) atoms. The highest BCUT2D eigenvalue weighted by Gasteiger charge is 2.39. The number of aromatic nitrogens is 1. The van der Waals surface area contributed by atoms with E-state index in [1.165, 1.54) is 30.6 Å². The number of methoxy groups -OCH3 is 1. The van der Waals surface area contributed by atoms with Gasteiger partial charge in [-0.2, -0.15) is 0 Å². The third kappa shape index (κ3) is 4.41.